The Morgan fingerprint density at radius 3 is 2.89 bits per heavy atom. The van der Waals surface area contributed by atoms with Crippen LogP contribution in [0.3, 0.4) is 0 Å². The van der Waals surface area contributed by atoms with E-state index in [0.29, 0.717) is 17.9 Å². The predicted octanol–water partition coefficient (Wildman–Crippen LogP) is 2.73. The Morgan fingerprint density at radius 2 is 2.21 bits per heavy atom. The summed E-state index contributed by atoms with van der Waals surface area (Å²) in [5.41, 5.74) is 12.0. The van der Waals surface area contributed by atoms with Gasteiger partial charge in [0.05, 0.1) is 16.0 Å². The summed E-state index contributed by atoms with van der Waals surface area (Å²) in [5, 5.41) is 0.880. The van der Waals surface area contributed by atoms with Crippen LogP contribution in [0.15, 0.2) is 22.6 Å². The maximum Gasteiger partial charge on any atom is 0.286 e. The minimum Gasteiger partial charge on any atom is -0.492 e. The van der Waals surface area contributed by atoms with Crippen LogP contribution < -0.4 is 16.2 Å². The van der Waals surface area contributed by atoms with Crippen molar-refractivity contribution in [3.05, 3.63) is 24.0 Å². The Labute approximate surface area is 112 Å². The molecule has 0 aliphatic rings. The summed E-state index contributed by atoms with van der Waals surface area (Å²) in [6.07, 6.45) is 0. The highest BCUT2D eigenvalue weighted by Gasteiger charge is 2.21. The molecule has 0 radical (unpaired) electrons. The minimum absolute atomic E-state index is 0.0185. The molecule has 0 saturated carbocycles. The van der Waals surface area contributed by atoms with Gasteiger partial charge in [-0.2, -0.15) is 0 Å². The smallest absolute Gasteiger partial charge is 0.286 e. The molecule has 0 spiro atoms. The summed E-state index contributed by atoms with van der Waals surface area (Å²) < 4.78 is 12.8. The topological polar surface area (TPSA) is 91.5 Å². The molecule has 0 aliphatic carbocycles. The van der Waals surface area contributed by atoms with Gasteiger partial charge in [0.15, 0.2) is 5.58 Å². The molecule has 98 valence electrons. The van der Waals surface area contributed by atoms with Crippen molar-refractivity contribution in [2.45, 2.75) is 6.92 Å². The van der Waals surface area contributed by atoms with Gasteiger partial charge in [-0.1, -0.05) is 6.07 Å². The number of fused-ring (bicyclic) bond motifs is 3. The Hall–Kier alpha value is -2.21. The van der Waals surface area contributed by atoms with E-state index in [1.807, 2.05) is 25.1 Å². The lowest BCUT2D eigenvalue weighted by Gasteiger charge is -2.03. The number of amides is 1. The monoisotopic (exact) mass is 276 g/mol. The van der Waals surface area contributed by atoms with Gasteiger partial charge in [0.1, 0.15) is 11.4 Å². The van der Waals surface area contributed by atoms with E-state index >= 15 is 0 Å². The summed E-state index contributed by atoms with van der Waals surface area (Å²) in [6.45, 7) is 2.51. The molecule has 1 amide bonds. The van der Waals surface area contributed by atoms with Gasteiger partial charge in [-0.3, -0.25) is 4.79 Å². The molecule has 0 aliphatic heterocycles. The molecule has 3 rings (SSSR count). The number of carbonyl (C=O) groups is 1. The molecule has 0 bridgehead atoms. The maximum absolute atomic E-state index is 11.2. The zero-order chi connectivity index (χ0) is 13.6. The summed E-state index contributed by atoms with van der Waals surface area (Å²) in [6, 6.07) is 5.68. The number of primary amides is 1. The van der Waals surface area contributed by atoms with Crippen molar-refractivity contribution in [1.82, 2.24) is 0 Å². The van der Waals surface area contributed by atoms with Crippen molar-refractivity contribution in [3.63, 3.8) is 0 Å². The molecule has 2 aromatic heterocycles. The summed E-state index contributed by atoms with van der Waals surface area (Å²) in [7, 11) is 0. The number of rotatable bonds is 3. The Morgan fingerprint density at radius 1 is 1.42 bits per heavy atom. The second-order valence-corrected chi connectivity index (χ2v) is 5.06. The first-order valence-corrected chi connectivity index (χ1v) is 6.61. The number of nitrogens with two attached hydrogens (primary N) is 2. The number of thiophene rings is 1. The highest BCUT2D eigenvalue weighted by atomic mass is 32.1. The molecule has 0 fully saturated rings. The van der Waals surface area contributed by atoms with Crippen LogP contribution in [0.4, 0.5) is 5.69 Å². The molecule has 5 nitrogen and oxygen atoms in total. The lowest BCUT2D eigenvalue weighted by molar-refractivity contribution is 0.0977. The van der Waals surface area contributed by atoms with Gasteiger partial charge in [-0.05, 0) is 19.1 Å². The highest BCUT2D eigenvalue weighted by Crippen LogP contribution is 2.44. The molecule has 0 saturated heterocycles. The van der Waals surface area contributed by atoms with E-state index < -0.39 is 5.91 Å². The van der Waals surface area contributed by atoms with E-state index in [4.69, 9.17) is 20.6 Å². The third-order valence-electron chi connectivity index (χ3n) is 2.85. The van der Waals surface area contributed by atoms with Gasteiger partial charge < -0.3 is 20.6 Å². The van der Waals surface area contributed by atoms with E-state index in [0.717, 1.165) is 20.5 Å². The fraction of sp³-hybridized carbons (Fsp3) is 0.154. The van der Waals surface area contributed by atoms with Crippen LogP contribution in [-0.4, -0.2) is 12.5 Å². The first kappa shape index (κ1) is 11.9. The van der Waals surface area contributed by atoms with Crippen LogP contribution in [0, 0.1) is 0 Å². The lowest BCUT2D eigenvalue weighted by atomic mass is 10.2. The van der Waals surface area contributed by atoms with Crippen LogP contribution in [0.2, 0.25) is 0 Å². The first-order valence-electron chi connectivity index (χ1n) is 5.79. The highest BCUT2D eigenvalue weighted by molar-refractivity contribution is 7.26. The van der Waals surface area contributed by atoms with Crippen LogP contribution in [0.1, 0.15) is 17.5 Å². The molecule has 1 aromatic carbocycles. The number of ether oxygens (including phenoxy) is 1. The zero-order valence-corrected chi connectivity index (χ0v) is 11.0. The van der Waals surface area contributed by atoms with Gasteiger partial charge in [-0.15, -0.1) is 11.3 Å². The predicted molar refractivity (Wildman–Crippen MR) is 75.7 cm³/mol. The fourth-order valence-electron chi connectivity index (χ4n) is 2.06. The van der Waals surface area contributed by atoms with Gasteiger partial charge in [-0.25, -0.2) is 0 Å². The zero-order valence-electron chi connectivity index (χ0n) is 10.2. The lowest BCUT2D eigenvalue weighted by Crippen LogP contribution is -2.11. The molecule has 19 heavy (non-hydrogen) atoms. The third kappa shape index (κ3) is 1.64. The second-order valence-electron chi connectivity index (χ2n) is 4.04. The van der Waals surface area contributed by atoms with E-state index in [-0.39, 0.29) is 5.76 Å². The normalized spacial score (nSPS) is 11.2. The van der Waals surface area contributed by atoms with Crippen molar-refractivity contribution < 1.29 is 13.9 Å². The van der Waals surface area contributed by atoms with Crippen LogP contribution >= 0.6 is 11.3 Å². The van der Waals surface area contributed by atoms with E-state index in [1.165, 1.54) is 11.3 Å². The summed E-state index contributed by atoms with van der Waals surface area (Å²) in [4.78, 5) is 11.2. The van der Waals surface area contributed by atoms with Crippen LogP contribution in [0.25, 0.3) is 20.4 Å². The standard InChI is InChI=1S/C13H12N2O3S/c1-2-17-7-5-3-4-6-9-12(19-11(6)7)8(14)10(18-9)13(15)16/h3-5H,2,14H2,1H3,(H2,15,16). The number of carbonyl (C=O) groups excluding carboxylic acids is 1. The molecule has 0 atom stereocenters. The van der Waals surface area contributed by atoms with Gasteiger partial charge in [0, 0.05) is 5.39 Å². The third-order valence-corrected chi connectivity index (χ3v) is 4.09. The van der Waals surface area contributed by atoms with Crippen LogP contribution in [0.5, 0.6) is 5.75 Å². The minimum atomic E-state index is -0.657. The molecular formula is C13H12N2O3S. The van der Waals surface area contributed by atoms with E-state index in [9.17, 15) is 4.79 Å². The van der Waals surface area contributed by atoms with E-state index in [1.54, 1.807) is 0 Å². The Kier molecular flexibility index (Phi) is 2.60. The second kappa shape index (κ2) is 4.17. The maximum atomic E-state index is 11.2. The first-order chi connectivity index (χ1) is 9.13. The molecular weight excluding hydrogens is 264 g/mol. The summed E-state index contributed by atoms with van der Waals surface area (Å²) in [5.74, 6) is 0.149. The molecule has 0 unspecified atom stereocenters. The number of nitrogen functional groups attached to an aromatic ring is 1. The number of anilines is 1. The van der Waals surface area contributed by atoms with Crippen molar-refractivity contribution >= 4 is 43.3 Å². The SMILES string of the molecule is CCOc1cccc2c1sc1c(N)c(C(N)=O)oc12. The fourth-order valence-corrected chi connectivity index (χ4v) is 3.21. The molecule has 2 heterocycles. The largest absolute Gasteiger partial charge is 0.492 e. The number of hydrogen-bond donors (Lipinski definition) is 2. The van der Waals surface area contributed by atoms with Gasteiger partial charge >= 0.3 is 0 Å². The average Bonchev–Trinajstić information content (AvgIpc) is 2.89. The quantitative estimate of drug-likeness (QED) is 0.769. The van der Waals surface area contributed by atoms with Gasteiger partial charge in [0.2, 0.25) is 5.76 Å². The van der Waals surface area contributed by atoms with Crippen molar-refractivity contribution in [1.29, 1.82) is 0 Å². The van der Waals surface area contributed by atoms with Crippen molar-refractivity contribution in [2.75, 3.05) is 12.3 Å². The molecule has 4 N–H and O–H groups in total. The number of benzene rings is 1. The average molecular weight is 276 g/mol. The molecule has 6 heteroatoms. The molecule has 3 aromatic rings. The summed E-state index contributed by atoms with van der Waals surface area (Å²) >= 11 is 1.44. The van der Waals surface area contributed by atoms with E-state index in [2.05, 4.69) is 0 Å². The number of furan rings is 1. The Balaban J connectivity index is 2.35. The van der Waals surface area contributed by atoms with Gasteiger partial charge in [0.25, 0.3) is 5.91 Å². The van der Waals surface area contributed by atoms with Crippen molar-refractivity contribution in [2.24, 2.45) is 5.73 Å². The van der Waals surface area contributed by atoms with Crippen molar-refractivity contribution in [3.8, 4) is 5.75 Å². The Bertz CT molecular complexity index is 788. The van der Waals surface area contributed by atoms with Crippen LogP contribution in [-0.2, 0) is 0 Å². The number of hydrogen-bond acceptors (Lipinski definition) is 5.